The monoisotopic (exact) mass is 479 g/mol. The van der Waals surface area contributed by atoms with Crippen LogP contribution in [-0.4, -0.2) is 97.2 Å². The quantitative estimate of drug-likeness (QED) is 0.129. The van der Waals surface area contributed by atoms with Crippen molar-refractivity contribution in [3.63, 3.8) is 0 Å². The van der Waals surface area contributed by atoms with Crippen molar-refractivity contribution in [1.82, 2.24) is 0 Å². The summed E-state index contributed by atoms with van der Waals surface area (Å²) in [6.07, 6.45) is 2.88. The number of hydrogen-bond donors (Lipinski definition) is 8. The first-order valence-corrected chi connectivity index (χ1v) is 12.9. The lowest BCUT2D eigenvalue weighted by Crippen LogP contribution is -2.65. The molecule has 1 rings (SSSR count). The van der Waals surface area contributed by atoms with Crippen LogP contribution in [0.4, 0.5) is 0 Å². The number of aliphatic hydroxyl groups is 7. The van der Waals surface area contributed by atoms with Crippen LogP contribution in [0.25, 0.3) is 0 Å². The first-order chi connectivity index (χ1) is 15.8. The summed E-state index contributed by atoms with van der Waals surface area (Å²) in [5, 5.41) is 70.2. The molecule has 0 bridgehead atoms. The molecule has 9 atom stereocenters. The highest BCUT2D eigenvalue weighted by Crippen LogP contribution is 2.25. The highest BCUT2D eigenvalue weighted by atomic mass is 16.6. The van der Waals surface area contributed by atoms with Crippen LogP contribution in [0.15, 0.2) is 0 Å². The lowest BCUT2D eigenvalue weighted by atomic mass is 9.87. The molecule has 0 saturated carbocycles. The fraction of sp³-hybridized carbons (Fsp3) is 1.00. The topological polar surface area (TPSA) is 177 Å². The molecule has 0 amide bonds. The molecule has 0 aromatic heterocycles. The Labute approximate surface area is 198 Å². The second-order valence-electron chi connectivity index (χ2n) is 9.60. The van der Waals surface area contributed by atoms with Crippen molar-refractivity contribution < 1.29 is 40.5 Å². The van der Waals surface area contributed by atoms with E-state index in [0.717, 1.165) is 25.7 Å². The Balaban J connectivity index is 2.25. The van der Waals surface area contributed by atoms with E-state index in [4.69, 9.17) is 10.5 Å². The third-order valence-corrected chi connectivity index (χ3v) is 6.80. The van der Waals surface area contributed by atoms with Gasteiger partial charge in [0.2, 0.25) is 0 Å². The zero-order valence-corrected chi connectivity index (χ0v) is 20.2. The van der Waals surface area contributed by atoms with Gasteiger partial charge in [0.15, 0.2) is 0 Å². The lowest BCUT2D eigenvalue weighted by molar-refractivity contribution is -0.253. The van der Waals surface area contributed by atoms with Crippen molar-refractivity contribution in [2.75, 3.05) is 6.61 Å². The van der Waals surface area contributed by atoms with E-state index in [1.165, 1.54) is 51.4 Å². The molecule has 1 aliphatic heterocycles. The molecule has 1 aliphatic rings. The summed E-state index contributed by atoms with van der Waals surface area (Å²) in [7, 11) is 0. The number of ether oxygens (including phenoxy) is 1. The van der Waals surface area contributed by atoms with Gasteiger partial charge in [-0.05, 0) is 6.42 Å². The van der Waals surface area contributed by atoms with Gasteiger partial charge in [-0.25, -0.2) is 0 Å². The van der Waals surface area contributed by atoms with Crippen LogP contribution < -0.4 is 5.73 Å². The average molecular weight is 480 g/mol. The van der Waals surface area contributed by atoms with E-state index in [1.54, 1.807) is 0 Å². The first kappa shape index (κ1) is 30.7. The second kappa shape index (κ2) is 17.1. The van der Waals surface area contributed by atoms with Gasteiger partial charge in [-0.3, -0.25) is 0 Å². The van der Waals surface area contributed by atoms with Crippen molar-refractivity contribution >= 4 is 0 Å². The predicted molar refractivity (Wildman–Crippen MR) is 125 cm³/mol. The highest BCUT2D eigenvalue weighted by Gasteiger charge is 2.48. The maximum absolute atomic E-state index is 10.5. The molecule has 1 fully saturated rings. The van der Waals surface area contributed by atoms with Crippen molar-refractivity contribution in [3.05, 3.63) is 0 Å². The molecular formula is C24H49NO8. The number of hydrogen-bond acceptors (Lipinski definition) is 9. The van der Waals surface area contributed by atoms with E-state index in [-0.39, 0.29) is 0 Å². The molecule has 0 aromatic carbocycles. The van der Waals surface area contributed by atoms with E-state index in [9.17, 15) is 35.7 Å². The van der Waals surface area contributed by atoms with E-state index in [1.807, 2.05) is 0 Å². The predicted octanol–water partition coefficient (Wildman–Crippen LogP) is 0.330. The van der Waals surface area contributed by atoms with Gasteiger partial charge in [0, 0.05) is 0 Å². The molecule has 0 aromatic rings. The number of aliphatic hydroxyl groups excluding tert-OH is 7. The van der Waals surface area contributed by atoms with Crippen molar-refractivity contribution in [1.29, 1.82) is 0 Å². The summed E-state index contributed by atoms with van der Waals surface area (Å²) < 4.78 is 5.29. The van der Waals surface area contributed by atoms with Crippen LogP contribution in [0.3, 0.4) is 0 Å². The average Bonchev–Trinajstić information content (AvgIpc) is 2.82. The van der Waals surface area contributed by atoms with Crippen LogP contribution in [0.5, 0.6) is 0 Å². The van der Waals surface area contributed by atoms with E-state index < -0.39 is 61.5 Å². The minimum absolute atomic E-state index is 0.327. The molecule has 198 valence electrons. The third-order valence-electron chi connectivity index (χ3n) is 6.80. The molecule has 1 heterocycles. The minimum Gasteiger partial charge on any atom is -0.394 e. The SMILES string of the molecule is CCCCCCCCCCCCCC[C@@H](O)[C@@H](O)[C@@H](N)C(O)C1O[C@H](CO)[C@@H](O)[C@H](O)[C@H]1O. The smallest absolute Gasteiger partial charge is 0.114 e. The number of nitrogens with two attached hydrogens (primary N) is 1. The van der Waals surface area contributed by atoms with Gasteiger partial charge in [0.05, 0.1) is 24.9 Å². The highest BCUT2D eigenvalue weighted by molar-refractivity contribution is 4.99. The normalized spacial score (nSPS) is 29.5. The molecule has 0 spiro atoms. The first-order valence-electron chi connectivity index (χ1n) is 12.9. The van der Waals surface area contributed by atoms with E-state index in [0.29, 0.717) is 6.42 Å². The molecule has 2 unspecified atom stereocenters. The summed E-state index contributed by atoms with van der Waals surface area (Å²) in [5.41, 5.74) is 5.90. The Morgan fingerprint density at radius 2 is 1.21 bits per heavy atom. The van der Waals surface area contributed by atoms with Gasteiger partial charge in [-0.15, -0.1) is 0 Å². The summed E-state index contributed by atoms with van der Waals surface area (Å²) in [4.78, 5) is 0. The Morgan fingerprint density at radius 3 is 1.70 bits per heavy atom. The second-order valence-corrected chi connectivity index (χ2v) is 9.60. The van der Waals surface area contributed by atoms with Crippen molar-refractivity contribution in [2.45, 2.75) is 145 Å². The summed E-state index contributed by atoms with van der Waals surface area (Å²) >= 11 is 0. The summed E-state index contributed by atoms with van der Waals surface area (Å²) in [6.45, 7) is 1.59. The minimum atomic E-state index is -1.66. The fourth-order valence-electron chi connectivity index (χ4n) is 4.46. The summed E-state index contributed by atoms with van der Waals surface area (Å²) in [5.74, 6) is 0. The molecule has 33 heavy (non-hydrogen) atoms. The third kappa shape index (κ3) is 10.4. The van der Waals surface area contributed by atoms with Crippen molar-refractivity contribution in [3.8, 4) is 0 Å². The molecule has 9 N–H and O–H groups in total. The molecule has 9 heteroatoms. The Hall–Kier alpha value is -0.360. The number of unbranched alkanes of at least 4 members (excludes halogenated alkanes) is 11. The van der Waals surface area contributed by atoms with Gasteiger partial charge in [-0.1, -0.05) is 84.0 Å². The zero-order valence-electron chi connectivity index (χ0n) is 20.2. The van der Waals surface area contributed by atoms with Crippen LogP contribution in [0.2, 0.25) is 0 Å². The molecular weight excluding hydrogens is 430 g/mol. The number of rotatable bonds is 18. The van der Waals surface area contributed by atoms with Gasteiger partial charge in [0.25, 0.3) is 0 Å². The molecule has 0 radical (unpaired) electrons. The lowest BCUT2D eigenvalue weighted by Gasteiger charge is -2.43. The Morgan fingerprint density at radius 1 is 0.727 bits per heavy atom. The van der Waals surface area contributed by atoms with Crippen molar-refractivity contribution in [2.24, 2.45) is 5.73 Å². The maximum atomic E-state index is 10.5. The largest absolute Gasteiger partial charge is 0.394 e. The van der Waals surface area contributed by atoms with Crippen LogP contribution in [0.1, 0.15) is 90.4 Å². The van der Waals surface area contributed by atoms with Gasteiger partial charge in [-0.2, -0.15) is 0 Å². The molecule has 1 saturated heterocycles. The van der Waals surface area contributed by atoms with Crippen LogP contribution >= 0.6 is 0 Å². The fourth-order valence-corrected chi connectivity index (χ4v) is 4.46. The summed E-state index contributed by atoms with van der Waals surface area (Å²) in [6, 6.07) is -1.35. The molecule has 0 aliphatic carbocycles. The standard InChI is InChI=1S/C24H49NO8/c1-2-3-4-5-6-7-8-9-10-11-12-13-14-16(27)19(28)18(25)21(30)24-23(32)22(31)20(29)17(15-26)33-24/h16-24,26-32H,2-15,25H2,1H3/t16-,17-,18-,19-,20-,21?,22+,23-,24?/m1/s1. The molecule has 9 nitrogen and oxygen atoms in total. The van der Waals surface area contributed by atoms with Crippen LogP contribution in [-0.2, 0) is 4.74 Å². The Kier molecular flexibility index (Phi) is 15.9. The van der Waals surface area contributed by atoms with E-state index in [2.05, 4.69) is 6.92 Å². The Bertz CT molecular complexity index is 483. The van der Waals surface area contributed by atoms with Crippen LogP contribution in [0, 0.1) is 0 Å². The van der Waals surface area contributed by atoms with E-state index >= 15 is 0 Å². The van der Waals surface area contributed by atoms with Gasteiger partial charge < -0.3 is 46.2 Å². The van der Waals surface area contributed by atoms with Gasteiger partial charge in [0.1, 0.15) is 36.6 Å². The maximum Gasteiger partial charge on any atom is 0.114 e. The zero-order chi connectivity index (χ0) is 24.8. The van der Waals surface area contributed by atoms with Gasteiger partial charge >= 0.3 is 0 Å².